The summed E-state index contributed by atoms with van der Waals surface area (Å²) in [6, 6.07) is 49.7. The van der Waals surface area contributed by atoms with Gasteiger partial charge in [0.05, 0.1) is 11.2 Å². The van der Waals surface area contributed by atoms with Crippen LogP contribution >= 0.6 is 11.3 Å². The zero-order valence-corrected chi connectivity index (χ0v) is 43.8. The minimum atomic E-state index is -0.0837. The molecule has 0 unspecified atom stereocenters. The number of anilines is 6. The quantitative estimate of drug-likeness (QED) is 0.164. The second-order valence-corrected chi connectivity index (χ2v) is 25.1. The molecule has 0 spiro atoms. The number of rotatable bonds is 3. The summed E-state index contributed by atoms with van der Waals surface area (Å²) in [6.07, 6.45) is 0. The van der Waals surface area contributed by atoms with Gasteiger partial charge in [-0.25, -0.2) is 0 Å². The van der Waals surface area contributed by atoms with E-state index in [2.05, 4.69) is 248 Å². The van der Waals surface area contributed by atoms with Gasteiger partial charge in [0.1, 0.15) is 23.5 Å². The van der Waals surface area contributed by atoms with Gasteiger partial charge in [0.2, 0.25) is 0 Å². The number of hydrogen-bond donors (Lipinski definition) is 0. The maximum Gasteiger partial charge on any atom is 0.273 e. The van der Waals surface area contributed by atoms with Crippen LogP contribution in [0.4, 0.5) is 34.1 Å². The standard InChI is InChI=1S/C60H63B4N3S/c1-57(2,3)34-17-24-38(25-18-34)65-44-31-23-37(60(10,11)12)33-43(44)64-51-53(65)49(62)48(61)50(63)54(51)67(40-28-21-36(22-29-40)59(7,8)9)52-47-45(32-30-42-41-15-13-14-16-46(41)68-55(42)47)66(56(52)64)39-26-19-35(20-27-39)58(4,5)6/h13-33H,61-63H2,1-12H3. The van der Waals surface area contributed by atoms with Gasteiger partial charge in [0.25, 0.3) is 6.71 Å². The van der Waals surface area contributed by atoms with Crippen LogP contribution in [0.5, 0.6) is 0 Å². The van der Waals surface area contributed by atoms with E-state index in [0.717, 1.165) is 0 Å². The SMILES string of the molecule is Bc1c(B)c2c3c(c1B)N(c1ccc(C(C)(C)C)cc1)c1c(n(-c4ccc(C(C)(C)C)cc4)c4ccc5c6ccccc6sc5c14)B3c1cc(C(C)(C)C)ccc1N2c1ccc(C(C)(C)C)cc1. The highest BCUT2D eigenvalue weighted by atomic mass is 32.1. The van der Waals surface area contributed by atoms with Crippen molar-refractivity contribution in [2.75, 3.05) is 9.80 Å². The molecule has 0 saturated heterocycles. The van der Waals surface area contributed by atoms with Crippen LogP contribution in [0, 0.1) is 0 Å². The molecular formula is C60H63B4N3S. The molecular weight excluding hydrogens is 838 g/mol. The highest BCUT2D eigenvalue weighted by molar-refractivity contribution is 7.26. The van der Waals surface area contributed by atoms with E-state index in [4.69, 9.17) is 0 Å². The van der Waals surface area contributed by atoms with E-state index in [-0.39, 0.29) is 28.4 Å². The minimum Gasteiger partial charge on any atom is -0.319 e. The number of benzene rings is 7. The van der Waals surface area contributed by atoms with Crippen LogP contribution in [0.15, 0.2) is 127 Å². The van der Waals surface area contributed by atoms with E-state index >= 15 is 0 Å². The predicted molar refractivity (Wildman–Crippen MR) is 310 cm³/mol. The fraction of sp³-hybridized carbons (Fsp3) is 0.267. The van der Waals surface area contributed by atoms with Crippen molar-refractivity contribution in [3.63, 3.8) is 0 Å². The van der Waals surface area contributed by atoms with E-state index in [0.29, 0.717) is 0 Å². The fourth-order valence-electron chi connectivity index (χ4n) is 11.3. The molecule has 8 heteroatoms. The molecule has 2 aliphatic heterocycles. The molecule has 7 aromatic carbocycles. The fourth-order valence-corrected chi connectivity index (χ4v) is 12.6. The van der Waals surface area contributed by atoms with Gasteiger partial charge in [-0.05, 0) is 109 Å². The first kappa shape index (κ1) is 44.7. The topological polar surface area (TPSA) is 11.4 Å². The van der Waals surface area contributed by atoms with Crippen molar-refractivity contribution < 1.29 is 0 Å². The monoisotopic (exact) mass is 902 g/mol. The summed E-state index contributed by atoms with van der Waals surface area (Å²) >= 11 is 1.94. The normalized spacial score (nSPS) is 14.0. The Kier molecular flexibility index (Phi) is 9.90. The van der Waals surface area contributed by atoms with Crippen LogP contribution < -0.4 is 42.7 Å². The zero-order valence-electron chi connectivity index (χ0n) is 43.0. The molecule has 0 fully saturated rings. The van der Waals surface area contributed by atoms with Gasteiger partial charge in [0.15, 0.2) is 0 Å². The third-order valence-electron chi connectivity index (χ3n) is 15.5. The molecule has 11 rings (SSSR count). The first-order valence-electron chi connectivity index (χ1n) is 24.7. The van der Waals surface area contributed by atoms with E-state index in [1.54, 1.807) is 0 Å². The lowest BCUT2D eigenvalue weighted by Gasteiger charge is -2.46. The lowest BCUT2D eigenvalue weighted by molar-refractivity contribution is 0.590. The molecule has 2 aromatic heterocycles. The third kappa shape index (κ3) is 6.71. The second-order valence-electron chi connectivity index (χ2n) is 24.0. The van der Waals surface area contributed by atoms with Crippen LogP contribution in [-0.4, -0.2) is 34.8 Å². The van der Waals surface area contributed by atoms with Gasteiger partial charge in [-0.2, -0.15) is 0 Å². The Hall–Kier alpha value is -5.84. The highest BCUT2D eigenvalue weighted by Gasteiger charge is 2.49. The van der Waals surface area contributed by atoms with E-state index in [9.17, 15) is 0 Å². The highest BCUT2D eigenvalue weighted by Crippen LogP contribution is 2.50. The van der Waals surface area contributed by atoms with Crippen molar-refractivity contribution in [1.82, 2.24) is 4.57 Å². The maximum absolute atomic E-state index is 2.70. The molecule has 0 aliphatic carbocycles. The summed E-state index contributed by atoms with van der Waals surface area (Å²) in [5.41, 5.74) is 23.3. The van der Waals surface area contributed by atoms with Crippen molar-refractivity contribution in [1.29, 1.82) is 0 Å². The van der Waals surface area contributed by atoms with E-state index < -0.39 is 0 Å². The molecule has 3 nitrogen and oxygen atoms in total. The van der Waals surface area contributed by atoms with Crippen LogP contribution in [0.25, 0.3) is 36.8 Å². The van der Waals surface area contributed by atoms with E-state index in [1.807, 2.05) is 11.3 Å². The van der Waals surface area contributed by atoms with Gasteiger partial charge in [-0.3, -0.25) is 0 Å². The summed E-state index contributed by atoms with van der Waals surface area (Å²) in [7, 11) is 7.12. The van der Waals surface area contributed by atoms with Crippen molar-refractivity contribution in [2.45, 2.75) is 105 Å². The Morgan fingerprint density at radius 2 is 0.941 bits per heavy atom. The van der Waals surface area contributed by atoms with Crippen molar-refractivity contribution >= 4 is 140 Å². The molecule has 0 saturated carbocycles. The second kappa shape index (κ2) is 15.1. The smallest absolute Gasteiger partial charge is 0.273 e. The summed E-state index contributed by atoms with van der Waals surface area (Å²) in [6.45, 7) is 27.8. The number of fused-ring (bicyclic) bond motifs is 10. The Morgan fingerprint density at radius 3 is 1.49 bits per heavy atom. The van der Waals surface area contributed by atoms with E-state index in [1.165, 1.54) is 126 Å². The predicted octanol–water partition coefficient (Wildman–Crippen LogP) is 10.0. The Morgan fingerprint density at radius 1 is 0.456 bits per heavy atom. The number of nitrogens with zero attached hydrogens (tertiary/aromatic N) is 3. The van der Waals surface area contributed by atoms with Crippen LogP contribution in [0.3, 0.4) is 0 Å². The maximum atomic E-state index is 2.70. The molecule has 0 radical (unpaired) electrons. The summed E-state index contributed by atoms with van der Waals surface area (Å²) in [5, 5.41) is 3.95. The molecule has 9 aromatic rings. The van der Waals surface area contributed by atoms with Crippen LogP contribution in [-0.2, 0) is 21.7 Å². The zero-order chi connectivity index (χ0) is 48.1. The van der Waals surface area contributed by atoms with Gasteiger partial charge >= 0.3 is 0 Å². The van der Waals surface area contributed by atoms with Crippen molar-refractivity contribution in [3.05, 3.63) is 150 Å². The molecule has 0 amide bonds. The molecule has 0 bridgehead atoms. The Labute approximate surface area is 411 Å². The largest absolute Gasteiger partial charge is 0.319 e. The third-order valence-corrected chi connectivity index (χ3v) is 16.7. The first-order valence-corrected chi connectivity index (χ1v) is 25.5. The lowest BCUT2D eigenvalue weighted by Crippen LogP contribution is -2.67. The Bertz CT molecular complexity index is 3520. The molecule has 2 aliphatic rings. The summed E-state index contributed by atoms with van der Waals surface area (Å²) in [5.74, 6) is 0. The Balaban J connectivity index is 1.36. The number of thiophene rings is 1. The molecule has 68 heavy (non-hydrogen) atoms. The molecule has 336 valence electrons. The summed E-state index contributed by atoms with van der Waals surface area (Å²) < 4.78 is 5.33. The first-order chi connectivity index (χ1) is 32.0. The van der Waals surface area contributed by atoms with Gasteiger partial charge < -0.3 is 14.4 Å². The van der Waals surface area contributed by atoms with Crippen LogP contribution in [0.1, 0.15) is 105 Å². The van der Waals surface area contributed by atoms with Crippen molar-refractivity contribution in [2.24, 2.45) is 0 Å². The van der Waals surface area contributed by atoms with Gasteiger partial charge in [-0.1, -0.05) is 172 Å². The molecule has 4 heterocycles. The van der Waals surface area contributed by atoms with Gasteiger partial charge in [-0.15, -0.1) is 11.3 Å². The van der Waals surface area contributed by atoms with Gasteiger partial charge in [0, 0.05) is 65.3 Å². The minimum absolute atomic E-state index is 0.0161. The average molecular weight is 901 g/mol. The molecule has 0 atom stereocenters. The lowest BCUT2D eigenvalue weighted by atomic mass is 9.33. The number of hydrogen-bond acceptors (Lipinski definition) is 3. The van der Waals surface area contributed by atoms with Crippen molar-refractivity contribution in [3.8, 4) is 5.69 Å². The molecule has 0 N–H and O–H groups in total. The van der Waals surface area contributed by atoms with Crippen LogP contribution in [0.2, 0.25) is 0 Å². The summed E-state index contributed by atoms with van der Waals surface area (Å²) in [4.78, 5) is 5.32. The number of aromatic nitrogens is 1. The average Bonchev–Trinajstić information content (AvgIpc) is 3.84.